The number of carbonyl (C=O) groups is 3. The number of aliphatic hydroxyl groups excluding tert-OH is 1. The Morgan fingerprint density at radius 3 is 2.47 bits per heavy atom. The van der Waals surface area contributed by atoms with Gasteiger partial charge in [-0.3, -0.25) is 14.4 Å². The number of hydrogen-bond acceptors (Lipinski definition) is 5. The topological polar surface area (TPSA) is 107 Å². The number of carboxylic acid groups (broad SMARTS) is 1. The van der Waals surface area contributed by atoms with Crippen molar-refractivity contribution in [1.29, 1.82) is 0 Å². The number of aliphatic carboxylic acids is 1. The average molecular weight is 451 g/mol. The van der Waals surface area contributed by atoms with Crippen LogP contribution in [0.3, 0.4) is 0 Å². The molecule has 3 rings (SSSR count). The molecule has 180 valence electrons. The summed E-state index contributed by atoms with van der Waals surface area (Å²) < 4.78 is 6.23. The first-order valence-electron chi connectivity index (χ1n) is 11.5. The number of aliphatic hydroxyl groups is 1. The smallest absolute Gasteiger partial charge is 0.310 e. The molecule has 0 aliphatic carbocycles. The lowest BCUT2D eigenvalue weighted by Gasteiger charge is -2.46. The molecule has 8 nitrogen and oxygen atoms in total. The molecule has 0 saturated carbocycles. The van der Waals surface area contributed by atoms with E-state index in [1.807, 2.05) is 13.8 Å². The molecule has 3 aliphatic rings. The molecule has 6 atom stereocenters. The fraction of sp³-hybridized carbons (Fsp3) is 0.792. The highest BCUT2D eigenvalue weighted by atomic mass is 16.5. The summed E-state index contributed by atoms with van der Waals surface area (Å²) in [7, 11) is 0. The van der Waals surface area contributed by atoms with Crippen LogP contribution in [0.15, 0.2) is 12.7 Å². The molecule has 32 heavy (non-hydrogen) atoms. The number of rotatable bonds is 8. The van der Waals surface area contributed by atoms with Gasteiger partial charge in [0.2, 0.25) is 11.8 Å². The van der Waals surface area contributed by atoms with Gasteiger partial charge in [0.25, 0.3) is 0 Å². The van der Waals surface area contributed by atoms with Crippen LogP contribution in [0.2, 0.25) is 0 Å². The summed E-state index contributed by atoms with van der Waals surface area (Å²) in [6.07, 6.45) is 2.76. The van der Waals surface area contributed by atoms with Crippen molar-refractivity contribution in [3.8, 4) is 0 Å². The van der Waals surface area contributed by atoms with Gasteiger partial charge in [-0.2, -0.15) is 0 Å². The minimum absolute atomic E-state index is 0.0513. The Hall–Kier alpha value is -1.93. The Labute approximate surface area is 190 Å². The van der Waals surface area contributed by atoms with Gasteiger partial charge >= 0.3 is 5.97 Å². The van der Waals surface area contributed by atoms with Crippen molar-refractivity contribution in [2.24, 2.45) is 17.3 Å². The van der Waals surface area contributed by atoms with Crippen LogP contribution < -0.4 is 0 Å². The highest BCUT2D eigenvalue weighted by molar-refractivity contribution is 5.98. The van der Waals surface area contributed by atoms with E-state index in [-0.39, 0.29) is 17.9 Å². The largest absolute Gasteiger partial charge is 0.481 e. The Morgan fingerprint density at radius 2 is 1.97 bits per heavy atom. The summed E-state index contributed by atoms with van der Waals surface area (Å²) in [6.45, 7) is 15.8. The summed E-state index contributed by atoms with van der Waals surface area (Å²) >= 11 is 0. The van der Waals surface area contributed by atoms with E-state index in [1.54, 1.807) is 17.9 Å². The zero-order valence-electron chi connectivity index (χ0n) is 20.1. The number of carbonyl (C=O) groups excluding carboxylic acids is 2. The Morgan fingerprint density at radius 1 is 1.34 bits per heavy atom. The van der Waals surface area contributed by atoms with Gasteiger partial charge in [0, 0.05) is 12.1 Å². The van der Waals surface area contributed by atoms with Crippen LogP contribution >= 0.6 is 0 Å². The fourth-order valence-corrected chi connectivity index (χ4v) is 6.52. The quantitative estimate of drug-likeness (QED) is 0.548. The predicted octanol–water partition coefficient (Wildman–Crippen LogP) is 2.06. The molecular weight excluding hydrogens is 412 g/mol. The highest BCUT2D eigenvalue weighted by Gasteiger charge is 2.75. The maximum absolute atomic E-state index is 14.2. The van der Waals surface area contributed by atoms with Crippen LogP contribution in [-0.2, 0) is 19.1 Å². The third-order valence-corrected chi connectivity index (χ3v) is 7.27. The molecule has 0 aromatic rings. The van der Waals surface area contributed by atoms with Crippen molar-refractivity contribution in [3.63, 3.8) is 0 Å². The van der Waals surface area contributed by atoms with Gasteiger partial charge in [-0.25, -0.2) is 0 Å². The second-order valence-electron chi connectivity index (χ2n) is 11.5. The molecule has 3 fully saturated rings. The highest BCUT2D eigenvalue weighted by Crippen LogP contribution is 2.59. The third kappa shape index (κ3) is 3.75. The van der Waals surface area contributed by atoms with E-state index < -0.39 is 53.0 Å². The van der Waals surface area contributed by atoms with Gasteiger partial charge in [-0.05, 0) is 45.4 Å². The first-order chi connectivity index (χ1) is 14.7. The fourth-order valence-electron chi connectivity index (χ4n) is 6.52. The van der Waals surface area contributed by atoms with Crippen molar-refractivity contribution >= 4 is 17.8 Å². The average Bonchev–Trinajstić information content (AvgIpc) is 3.30. The monoisotopic (exact) mass is 450 g/mol. The van der Waals surface area contributed by atoms with Crippen LogP contribution in [0.1, 0.15) is 60.8 Å². The minimum Gasteiger partial charge on any atom is -0.481 e. The van der Waals surface area contributed by atoms with Gasteiger partial charge in [0.1, 0.15) is 11.6 Å². The number of ether oxygens (including phenoxy) is 1. The maximum Gasteiger partial charge on any atom is 0.310 e. The van der Waals surface area contributed by atoms with E-state index in [0.717, 1.165) is 0 Å². The maximum atomic E-state index is 14.2. The molecule has 2 N–H and O–H groups in total. The Kier molecular flexibility index (Phi) is 6.28. The zero-order chi connectivity index (χ0) is 24.2. The van der Waals surface area contributed by atoms with Gasteiger partial charge in [0.05, 0.1) is 30.6 Å². The van der Waals surface area contributed by atoms with Crippen LogP contribution in [0.4, 0.5) is 0 Å². The molecule has 0 aromatic heterocycles. The van der Waals surface area contributed by atoms with Crippen molar-refractivity contribution in [2.75, 3.05) is 13.2 Å². The predicted molar refractivity (Wildman–Crippen MR) is 119 cm³/mol. The van der Waals surface area contributed by atoms with Gasteiger partial charge < -0.3 is 24.7 Å². The summed E-state index contributed by atoms with van der Waals surface area (Å²) in [5.41, 5.74) is -1.77. The summed E-state index contributed by atoms with van der Waals surface area (Å²) in [5, 5.41) is 19.7. The second kappa shape index (κ2) is 8.13. The van der Waals surface area contributed by atoms with Crippen molar-refractivity contribution < 1.29 is 29.3 Å². The summed E-state index contributed by atoms with van der Waals surface area (Å²) in [6, 6.07) is -1.61. The lowest BCUT2D eigenvalue weighted by molar-refractivity contribution is -0.156. The molecule has 2 bridgehead atoms. The number of hydrogen-bond donors (Lipinski definition) is 2. The molecule has 8 heteroatoms. The standard InChI is InChI=1S/C24H38N2O6/c1-8-11-25(23(6,7)13-22(3,4)5)20(29)18-24-10-9-15(32-24)16(21(30)31)17(24)19(28)26(18)14(2)12-27/h8,14-18,27H,1,9-13H2,2-7H3,(H,30,31)/t14-,15+,16-,17+,18?,24?/m1/s1. The van der Waals surface area contributed by atoms with Crippen LogP contribution in [0, 0.1) is 17.3 Å². The number of amides is 2. The first-order valence-corrected chi connectivity index (χ1v) is 11.5. The van der Waals surface area contributed by atoms with E-state index in [4.69, 9.17) is 4.74 Å². The molecule has 0 aromatic carbocycles. The number of nitrogens with zero attached hydrogens (tertiary/aromatic N) is 2. The van der Waals surface area contributed by atoms with E-state index >= 15 is 0 Å². The van der Waals surface area contributed by atoms with Gasteiger partial charge in [0.15, 0.2) is 0 Å². The molecule has 3 saturated heterocycles. The Balaban J connectivity index is 2.09. The first kappa shape index (κ1) is 24.7. The van der Waals surface area contributed by atoms with Crippen molar-refractivity contribution in [2.45, 2.75) is 90.1 Å². The molecule has 2 amide bonds. The normalized spacial score (nSPS) is 32.7. The van der Waals surface area contributed by atoms with Crippen LogP contribution in [0.5, 0.6) is 0 Å². The molecule has 0 radical (unpaired) electrons. The molecule has 1 spiro atoms. The SMILES string of the molecule is C=CCN(C(=O)C1N([C@H](C)CO)C(=O)[C@@H]2[C@H](C(=O)O)[C@@H]3CCC12O3)C(C)(C)CC(C)(C)C. The van der Waals surface area contributed by atoms with Gasteiger partial charge in [-0.15, -0.1) is 6.58 Å². The number of likely N-dealkylation sites (tertiary alicyclic amines) is 1. The number of carboxylic acids is 1. The lowest BCUT2D eigenvalue weighted by atomic mass is 9.70. The second-order valence-corrected chi connectivity index (χ2v) is 11.5. The van der Waals surface area contributed by atoms with Crippen LogP contribution in [-0.4, -0.2) is 80.3 Å². The van der Waals surface area contributed by atoms with E-state index in [2.05, 4.69) is 27.4 Å². The molecular formula is C24H38N2O6. The minimum atomic E-state index is -1.18. The summed E-state index contributed by atoms with van der Waals surface area (Å²) in [4.78, 5) is 42.9. The van der Waals surface area contributed by atoms with Crippen molar-refractivity contribution in [1.82, 2.24) is 9.80 Å². The molecule has 3 heterocycles. The molecule has 3 aliphatic heterocycles. The number of fused-ring (bicyclic) bond motifs is 1. The van der Waals surface area contributed by atoms with E-state index in [0.29, 0.717) is 25.8 Å². The third-order valence-electron chi connectivity index (χ3n) is 7.27. The van der Waals surface area contributed by atoms with E-state index in [9.17, 15) is 24.6 Å². The Bertz CT molecular complexity index is 803. The van der Waals surface area contributed by atoms with E-state index in [1.165, 1.54) is 4.90 Å². The van der Waals surface area contributed by atoms with Gasteiger partial charge in [-0.1, -0.05) is 26.8 Å². The zero-order valence-corrected chi connectivity index (χ0v) is 20.1. The lowest BCUT2D eigenvalue weighted by Crippen LogP contribution is -2.62. The molecule has 2 unspecified atom stereocenters. The summed E-state index contributed by atoms with van der Waals surface area (Å²) in [5.74, 6) is -3.65. The van der Waals surface area contributed by atoms with Crippen molar-refractivity contribution in [3.05, 3.63) is 12.7 Å². The van der Waals surface area contributed by atoms with Crippen LogP contribution in [0.25, 0.3) is 0 Å².